The zero-order chi connectivity index (χ0) is 35.0. The number of hydrogen-bond acceptors (Lipinski definition) is 1. The maximum Gasteiger partial charge on any atom is 0.139 e. The molecule has 0 unspecified atom stereocenters. The monoisotopic (exact) mass is 632 g/mol. The summed E-state index contributed by atoms with van der Waals surface area (Å²) in [6, 6.07) is 37.6. The number of aryl methyl sites for hydroxylation is 1. The van der Waals surface area contributed by atoms with Gasteiger partial charge in [-0.05, 0) is 92.2 Å². The Hall–Kier alpha value is -4.95. The number of rotatable bonds is 4. The molecule has 0 N–H and O–H groups in total. The van der Waals surface area contributed by atoms with Crippen LogP contribution in [0.15, 0.2) is 103 Å². The highest BCUT2D eigenvalue weighted by molar-refractivity contribution is 6.71. The van der Waals surface area contributed by atoms with Gasteiger partial charge in [-0.15, -0.1) is 21.9 Å². The molecule has 0 atom stereocenters. The molecule has 230 valence electrons. The van der Waals surface area contributed by atoms with Gasteiger partial charge in [0.05, 0.1) is 11.0 Å². The van der Waals surface area contributed by atoms with Gasteiger partial charge < -0.3 is 0 Å². The van der Waals surface area contributed by atoms with Crippen LogP contribution in [0.5, 0.6) is 0 Å². The van der Waals surface area contributed by atoms with Crippen LogP contribution in [0.3, 0.4) is 0 Å². The van der Waals surface area contributed by atoms with Gasteiger partial charge in [-0.25, -0.2) is 4.98 Å². The molecule has 0 aliphatic rings. The molecular formula is C40H36B8N2. The summed E-state index contributed by atoms with van der Waals surface area (Å²) in [4.78, 5) is 4.86. The fraction of sp³-hybridized carbons (Fsp3) is 0.0250. The predicted molar refractivity (Wildman–Crippen MR) is 243 cm³/mol. The first-order valence-electron chi connectivity index (χ1n) is 17.7. The van der Waals surface area contributed by atoms with E-state index in [2.05, 4.69) is 177 Å². The van der Waals surface area contributed by atoms with E-state index in [1.807, 2.05) is 0 Å². The highest BCUT2D eigenvalue weighted by Gasteiger charge is 2.25. The molecule has 1 heterocycles. The summed E-state index contributed by atoms with van der Waals surface area (Å²) in [5, 5.41) is 5.45. The van der Waals surface area contributed by atoms with E-state index in [1.54, 1.807) is 0 Å². The summed E-state index contributed by atoms with van der Waals surface area (Å²) in [6.07, 6.45) is 0. The number of benzene rings is 7. The topological polar surface area (TPSA) is 17.8 Å². The lowest BCUT2D eigenvalue weighted by Crippen LogP contribution is -2.50. The van der Waals surface area contributed by atoms with Crippen LogP contribution >= 0.6 is 0 Å². The molecule has 0 saturated heterocycles. The lowest BCUT2D eigenvalue weighted by atomic mass is 9.59. The van der Waals surface area contributed by atoms with Gasteiger partial charge in [-0.1, -0.05) is 94.6 Å². The fourth-order valence-corrected chi connectivity index (χ4v) is 8.44. The Morgan fingerprint density at radius 1 is 0.420 bits per heavy atom. The number of fused-ring (bicyclic) bond motifs is 3. The lowest BCUT2D eigenvalue weighted by molar-refractivity contribution is 1.00. The van der Waals surface area contributed by atoms with Gasteiger partial charge in [-0.2, -0.15) is 0 Å². The zero-order valence-corrected chi connectivity index (χ0v) is 30.7. The number of hydrogen-bond donors (Lipinski definition) is 0. The normalized spacial score (nSPS) is 11.5. The molecule has 8 aromatic rings. The molecule has 7 aromatic carbocycles. The number of aromatic nitrogens is 2. The molecule has 1 aromatic heterocycles. The highest BCUT2D eigenvalue weighted by atomic mass is 15.1. The van der Waals surface area contributed by atoms with Crippen molar-refractivity contribution >= 4 is 139 Å². The van der Waals surface area contributed by atoms with E-state index in [4.69, 9.17) is 4.98 Å². The van der Waals surface area contributed by atoms with E-state index >= 15 is 0 Å². The highest BCUT2D eigenvalue weighted by Crippen LogP contribution is 2.41. The van der Waals surface area contributed by atoms with Crippen molar-refractivity contribution in [3.8, 4) is 39.1 Å². The van der Waals surface area contributed by atoms with E-state index in [0.717, 1.165) is 22.5 Å². The van der Waals surface area contributed by atoms with E-state index in [1.165, 1.54) is 98.6 Å². The minimum atomic E-state index is 0.993. The van der Waals surface area contributed by atoms with Crippen molar-refractivity contribution in [3.05, 3.63) is 109 Å². The van der Waals surface area contributed by atoms with Crippen LogP contribution in [-0.4, -0.2) is 72.3 Å². The third kappa shape index (κ3) is 4.79. The summed E-state index contributed by atoms with van der Waals surface area (Å²) < 4.78 is 2.27. The zero-order valence-electron chi connectivity index (χ0n) is 30.7. The molecule has 0 saturated carbocycles. The van der Waals surface area contributed by atoms with E-state index in [9.17, 15) is 0 Å². The first-order chi connectivity index (χ1) is 24.1. The molecule has 0 spiro atoms. The van der Waals surface area contributed by atoms with Crippen LogP contribution in [0, 0.1) is 6.92 Å². The number of imidazole rings is 1. The smallest absolute Gasteiger partial charge is 0.139 e. The SMILES string of the molecule is Bc1c(B)c(B)c2c(-c3cccc(-c4ccccc4)c3)c3c(B)c(B)c(B)c(B)c3c(-c3ccc(-n4c(C)nc5ccccc54)cc3)c2c1B. The molecule has 0 aliphatic carbocycles. The third-order valence-corrected chi connectivity index (χ3v) is 11.8. The Kier molecular flexibility index (Phi) is 7.83. The molecule has 2 nitrogen and oxygen atoms in total. The minimum absolute atomic E-state index is 0.993. The third-order valence-electron chi connectivity index (χ3n) is 11.8. The van der Waals surface area contributed by atoms with E-state index in [-0.39, 0.29) is 0 Å². The van der Waals surface area contributed by atoms with Gasteiger partial charge in [0.25, 0.3) is 0 Å². The Morgan fingerprint density at radius 3 is 1.44 bits per heavy atom. The van der Waals surface area contributed by atoms with Gasteiger partial charge in [-0.3, -0.25) is 4.57 Å². The summed E-state index contributed by atoms with van der Waals surface area (Å²) in [5.41, 5.74) is 21.9. The molecule has 0 amide bonds. The Morgan fingerprint density at radius 2 is 0.880 bits per heavy atom. The van der Waals surface area contributed by atoms with Crippen LogP contribution in [0.1, 0.15) is 5.82 Å². The van der Waals surface area contributed by atoms with Crippen LogP contribution in [0.4, 0.5) is 0 Å². The minimum Gasteiger partial charge on any atom is -0.297 e. The maximum atomic E-state index is 4.86. The van der Waals surface area contributed by atoms with Gasteiger partial charge in [0, 0.05) is 5.69 Å². The second kappa shape index (κ2) is 12.1. The van der Waals surface area contributed by atoms with E-state index in [0.29, 0.717) is 0 Å². The summed E-state index contributed by atoms with van der Waals surface area (Å²) in [6.45, 7) is 2.09. The van der Waals surface area contributed by atoms with Crippen molar-refractivity contribution in [2.45, 2.75) is 6.92 Å². The molecule has 0 fully saturated rings. The summed E-state index contributed by atoms with van der Waals surface area (Å²) >= 11 is 0. The van der Waals surface area contributed by atoms with Crippen LogP contribution in [0.2, 0.25) is 0 Å². The van der Waals surface area contributed by atoms with Crippen molar-refractivity contribution in [1.29, 1.82) is 0 Å². The Labute approximate surface area is 302 Å². The first kappa shape index (κ1) is 32.3. The van der Waals surface area contributed by atoms with Crippen LogP contribution in [-0.2, 0) is 0 Å². The van der Waals surface area contributed by atoms with E-state index < -0.39 is 0 Å². The molecular weight excluding hydrogens is 595 g/mol. The fourth-order valence-electron chi connectivity index (χ4n) is 8.44. The summed E-state index contributed by atoms with van der Waals surface area (Å²) in [5.74, 6) is 0.993. The molecule has 0 radical (unpaired) electrons. The Balaban J connectivity index is 1.52. The molecule has 0 aliphatic heterocycles. The largest absolute Gasteiger partial charge is 0.297 e. The predicted octanol–water partition coefficient (Wildman–Crippen LogP) is -3.29. The van der Waals surface area contributed by atoms with Crippen molar-refractivity contribution in [2.75, 3.05) is 0 Å². The standard InChI is InChI=1S/C40H36B8N2/c1-19-49-25-12-5-6-13-26(25)50(19)24-16-14-21(15-17-24)27-29-31(35(43)39(47)37(45)33(29)41)28(32-30(27)34(42)38(46)40(48)36(32)44)23-11-7-10-22(18-23)20-8-3-2-4-9-20/h2-18H,41-48H2,1H3. The molecule has 50 heavy (non-hydrogen) atoms. The van der Waals surface area contributed by atoms with Gasteiger partial charge in [0.1, 0.15) is 68.6 Å². The van der Waals surface area contributed by atoms with Crippen molar-refractivity contribution < 1.29 is 0 Å². The average Bonchev–Trinajstić information content (AvgIpc) is 3.49. The van der Waals surface area contributed by atoms with Crippen molar-refractivity contribution in [2.24, 2.45) is 0 Å². The molecule has 0 bridgehead atoms. The molecule has 10 heteroatoms. The van der Waals surface area contributed by atoms with Crippen molar-refractivity contribution in [3.63, 3.8) is 0 Å². The summed E-state index contributed by atoms with van der Waals surface area (Å²) in [7, 11) is 18.6. The maximum absolute atomic E-state index is 4.86. The van der Waals surface area contributed by atoms with Gasteiger partial charge in [0.15, 0.2) is 0 Å². The lowest BCUT2D eigenvalue weighted by Gasteiger charge is -2.28. The van der Waals surface area contributed by atoms with Crippen LogP contribution in [0.25, 0.3) is 71.6 Å². The average molecular weight is 631 g/mol. The van der Waals surface area contributed by atoms with Gasteiger partial charge >= 0.3 is 0 Å². The molecule has 8 rings (SSSR count). The first-order valence-corrected chi connectivity index (χ1v) is 17.7. The number of para-hydroxylation sites is 2. The van der Waals surface area contributed by atoms with Gasteiger partial charge in [0.2, 0.25) is 0 Å². The quantitative estimate of drug-likeness (QED) is 0.147. The number of nitrogens with zero attached hydrogens (tertiary/aromatic N) is 2. The second-order valence-corrected chi connectivity index (χ2v) is 14.2. The van der Waals surface area contributed by atoms with Crippen molar-refractivity contribution in [1.82, 2.24) is 9.55 Å². The van der Waals surface area contributed by atoms with Crippen LogP contribution < -0.4 is 43.7 Å². The Bertz CT molecular complexity index is 2600. The second-order valence-electron chi connectivity index (χ2n) is 14.2.